The lowest BCUT2D eigenvalue weighted by Gasteiger charge is -2.31. The number of hydrogen-bond donors (Lipinski definition) is 2. The molecule has 1 amide bonds. The Kier molecular flexibility index (Phi) is 4.20. The van der Waals surface area contributed by atoms with Gasteiger partial charge in [0.25, 0.3) is 5.91 Å². The van der Waals surface area contributed by atoms with Crippen LogP contribution in [-0.2, 0) is 6.42 Å². The van der Waals surface area contributed by atoms with E-state index in [0.717, 1.165) is 43.7 Å². The zero-order valence-electron chi connectivity index (χ0n) is 15.5. The molecule has 3 aromatic heterocycles. The van der Waals surface area contributed by atoms with Gasteiger partial charge in [-0.3, -0.25) is 15.0 Å². The maximum Gasteiger partial charge on any atom is 0.259 e. The van der Waals surface area contributed by atoms with E-state index in [0.29, 0.717) is 17.1 Å². The topological polar surface area (TPSA) is 82.1 Å². The number of carbonyl (C=O) groups excluding carboxylic acids is 1. The van der Waals surface area contributed by atoms with Crippen molar-refractivity contribution in [2.45, 2.75) is 25.2 Å². The molecule has 1 aromatic carbocycles. The molecule has 7 nitrogen and oxygen atoms in total. The third kappa shape index (κ3) is 3.09. The van der Waals surface area contributed by atoms with Crippen molar-refractivity contribution >= 4 is 11.6 Å². The summed E-state index contributed by atoms with van der Waals surface area (Å²) in [7, 11) is 0. The van der Waals surface area contributed by atoms with Crippen molar-refractivity contribution < 1.29 is 4.79 Å². The van der Waals surface area contributed by atoms with E-state index in [2.05, 4.69) is 50.6 Å². The summed E-state index contributed by atoms with van der Waals surface area (Å²) in [5.41, 5.74) is 4.83. The number of nitrogens with zero attached hydrogens (tertiary/aromatic N) is 4. The summed E-state index contributed by atoms with van der Waals surface area (Å²) in [4.78, 5) is 19.0. The lowest BCUT2D eigenvalue weighted by Crippen LogP contribution is -2.38. The van der Waals surface area contributed by atoms with E-state index in [9.17, 15) is 4.79 Å². The summed E-state index contributed by atoms with van der Waals surface area (Å²) in [6.45, 7) is 1.48. The van der Waals surface area contributed by atoms with Crippen LogP contribution < -0.4 is 0 Å². The molecular formula is C21H22N6O. The van der Waals surface area contributed by atoms with Crippen molar-refractivity contribution in [1.29, 1.82) is 0 Å². The predicted molar refractivity (Wildman–Crippen MR) is 105 cm³/mol. The molecule has 2 N–H and O–H groups in total. The lowest BCUT2D eigenvalue weighted by atomic mass is 9.93. The van der Waals surface area contributed by atoms with Gasteiger partial charge in [0.1, 0.15) is 5.56 Å². The fraction of sp³-hybridized carbons (Fsp3) is 0.286. The summed E-state index contributed by atoms with van der Waals surface area (Å²) in [5, 5.41) is 10.8. The molecule has 0 unspecified atom stereocenters. The van der Waals surface area contributed by atoms with Crippen LogP contribution in [0.25, 0.3) is 5.65 Å². The molecule has 0 atom stereocenters. The maximum atomic E-state index is 12.9. The fourth-order valence-corrected chi connectivity index (χ4v) is 4.01. The quantitative estimate of drug-likeness (QED) is 0.576. The van der Waals surface area contributed by atoms with Gasteiger partial charge >= 0.3 is 0 Å². The molecular weight excluding hydrogens is 352 g/mol. The smallest absolute Gasteiger partial charge is 0.259 e. The number of likely N-dealkylation sites (tertiary alicyclic amines) is 1. The predicted octanol–water partition coefficient (Wildman–Crippen LogP) is 3.00. The Balaban J connectivity index is 1.23. The molecule has 1 fully saturated rings. The average molecular weight is 374 g/mol. The highest BCUT2D eigenvalue weighted by atomic mass is 16.2. The van der Waals surface area contributed by atoms with Gasteiger partial charge in [0.05, 0.1) is 5.69 Å². The first kappa shape index (κ1) is 16.8. The SMILES string of the molecule is O=C(c1c[nH]n2ccnc12)N1CCC(c2cc(Cc3ccccc3)[nH]n2)CC1. The number of piperidine rings is 1. The molecule has 0 spiro atoms. The van der Waals surface area contributed by atoms with Crippen LogP contribution in [-0.4, -0.2) is 48.7 Å². The summed E-state index contributed by atoms with van der Waals surface area (Å²) >= 11 is 0. The summed E-state index contributed by atoms with van der Waals surface area (Å²) in [5.74, 6) is 0.435. The zero-order valence-corrected chi connectivity index (χ0v) is 15.5. The van der Waals surface area contributed by atoms with Gasteiger partial charge in [-0.1, -0.05) is 30.3 Å². The average Bonchev–Trinajstić information content (AvgIpc) is 3.46. The van der Waals surface area contributed by atoms with Gasteiger partial charge in [0.15, 0.2) is 5.65 Å². The highest BCUT2D eigenvalue weighted by Crippen LogP contribution is 2.28. The van der Waals surface area contributed by atoms with Crippen LogP contribution in [0.2, 0.25) is 0 Å². The maximum absolute atomic E-state index is 12.9. The molecule has 4 heterocycles. The van der Waals surface area contributed by atoms with Crippen molar-refractivity contribution in [1.82, 2.24) is 29.7 Å². The van der Waals surface area contributed by atoms with Gasteiger partial charge in [0, 0.05) is 49.7 Å². The normalized spacial score (nSPS) is 15.4. The number of benzene rings is 1. The molecule has 0 radical (unpaired) electrons. The van der Waals surface area contributed by atoms with Crippen molar-refractivity contribution in [3.05, 3.63) is 77.5 Å². The number of imidazole rings is 1. The Labute approximate surface area is 162 Å². The van der Waals surface area contributed by atoms with Gasteiger partial charge in [-0.05, 0) is 24.5 Å². The second-order valence-electron chi connectivity index (χ2n) is 7.35. The summed E-state index contributed by atoms with van der Waals surface area (Å²) in [6.07, 6.45) is 7.95. The van der Waals surface area contributed by atoms with Gasteiger partial charge in [-0.25, -0.2) is 9.50 Å². The van der Waals surface area contributed by atoms with E-state index in [1.165, 1.54) is 5.56 Å². The van der Waals surface area contributed by atoms with Crippen LogP contribution in [0, 0.1) is 0 Å². The molecule has 1 aliphatic rings. The third-order valence-electron chi connectivity index (χ3n) is 5.55. The Morgan fingerprint density at radius 1 is 1.18 bits per heavy atom. The van der Waals surface area contributed by atoms with E-state index in [1.807, 2.05) is 17.2 Å². The van der Waals surface area contributed by atoms with Crippen molar-refractivity contribution in [2.24, 2.45) is 0 Å². The van der Waals surface area contributed by atoms with Crippen molar-refractivity contribution in [3.8, 4) is 0 Å². The molecule has 0 aliphatic carbocycles. The summed E-state index contributed by atoms with van der Waals surface area (Å²) in [6, 6.07) is 12.6. The monoisotopic (exact) mass is 374 g/mol. The lowest BCUT2D eigenvalue weighted by molar-refractivity contribution is 0.0714. The first-order chi connectivity index (χ1) is 13.8. The van der Waals surface area contributed by atoms with Crippen molar-refractivity contribution in [2.75, 3.05) is 13.1 Å². The number of aromatic nitrogens is 5. The van der Waals surface area contributed by atoms with E-state index in [1.54, 1.807) is 16.9 Å². The first-order valence-electron chi connectivity index (χ1n) is 9.66. The van der Waals surface area contributed by atoms with Crippen LogP contribution in [0.4, 0.5) is 0 Å². The Morgan fingerprint density at radius 2 is 2.00 bits per heavy atom. The number of fused-ring (bicyclic) bond motifs is 1. The van der Waals surface area contributed by atoms with Gasteiger partial charge in [-0.15, -0.1) is 0 Å². The third-order valence-corrected chi connectivity index (χ3v) is 5.55. The zero-order chi connectivity index (χ0) is 18.9. The second-order valence-corrected chi connectivity index (χ2v) is 7.35. The molecule has 0 bridgehead atoms. The van der Waals surface area contributed by atoms with E-state index in [-0.39, 0.29) is 5.91 Å². The van der Waals surface area contributed by atoms with Crippen molar-refractivity contribution in [3.63, 3.8) is 0 Å². The van der Waals surface area contributed by atoms with E-state index < -0.39 is 0 Å². The number of nitrogens with one attached hydrogen (secondary N) is 2. The first-order valence-corrected chi connectivity index (χ1v) is 9.66. The van der Waals surface area contributed by atoms with Gasteiger partial charge < -0.3 is 4.90 Å². The molecule has 0 saturated carbocycles. The van der Waals surface area contributed by atoms with Crippen LogP contribution >= 0.6 is 0 Å². The number of carbonyl (C=O) groups is 1. The molecule has 142 valence electrons. The Morgan fingerprint density at radius 3 is 2.82 bits per heavy atom. The van der Waals surface area contributed by atoms with E-state index >= 15 is 0 Å². The number of amides is 1. The number of H-pyrrole nitrogens is 2. The molecule has 4 aromatic rings. The standard InChI is InChI=1S/C21H22N6O/c28-21(18-14-23-27-11-8-22-20(18)27)26-9-6-16(7-10-26)19-13-17(24-25-19)12-15-4-2-1-3-5-15/h1-5,8,11,13-14,16,23H,6-7,9-10,12H2,(H,24,25). The minimum atomic E-state index is 0.0442. The van der Waals surface area contributed by atoms with Crippen LogP contribution in [0.5, 0.6) is 0 Å². The Hall–Kier alpha value is -3.35. The largest absolute Gasteiger partial charge is 0.338 e. The minimum Gasteiger partial charge on any atom is -0.338 e. The highest BCUT2D eigenvalue weighted by Gasteiger charge is 2.27. The van der Waals surface area contributed by atoms with Gasteiger partial charge in [0.2, 0.25) is 0 Å². The highest BCUT2D eigenvalue weighted by molar-refractivity contribution is 5.99. The second kappa shape index (κ2) is 6.99. The van der Waals surface area contributed by atoms with E-state index in [4.69, 9.17) is 0 Å². The minimum absolute atomic E-state index is 0.0442. The molecule has 7 heteroatoms. The van der Waals surface area contributed by atoms with Crippen LogP contribution in [0.3, 0.4) is 0 Å². The molecule has 1 aliphatic heterocycles. The Bertz CT molecular complexity index is 1080. The fourth-order valence-electron chi connectivity index (χ4n) is 4.01. The van der Waals surface area contributed by atoms with Gasteiger partial charge in [-0.2, -0.15) is 5.10 Å². The molecule has 5 rings (SSSR count). The number of hydrogen-bond acceptors (Lipinski definition) is 3. The van der Waals surface area contributed by atoms with Crippen LogP contribution in [0.15, 0.2) is 55.0 Å². The molecule has 1 saturated heterocycles. The molecule has 28 heavy (non-hydrogen) atoms. The number of aromatic amines is 2. The summed E-state index contributed by atoms with van der Waals surface area (Å²) < 4.78 is 1.76. The van der Waals surface area contributed by atoms with Crippen LogP contribution in [0.1, 0.15) is 46.1 Å². The number of rotatable bonds is 4.